The summed E-state index contributed by atoms with van der Waals surface area (Å²) in [4.78, 5) is 1.18. The lowest BCUT2D eigenvalue weighted by molar-refractivity contribution is 0.415. The molecule has 0 saturated heterocycles. The predicted octanol–water partition coefficient (Wildman–Crippen LogP) is 3.49. The highest BCUT2D eigenvalue weighted by molar-refractivity contribution is 7.05. The Kier molecular flexibility index (Phi) is 5.35. The molecule has 0 bridgehead atoms. The molecule has 0 saturated carbocycles. The van der Waals surface area contributed by atoms with Gasteiger partial charge in [0, 0.05) is 6.04 Å². The third kappa shape index (κ3) is 3.25. The van der Waals surface area contributed by atoms with E-state index in [9.17, 15) is 0 Å². The van der Waals surface area contributed by atoms with Crippen molar-refractivity contribution in [3.63, 3.8) is 0 Å². The molecule has 3 nitrogen and oxygen atoms in total. The largest absolute Gasteiger partial charge is 0.323 e. The highest BCUT2D eigenvalue weighted by Crippen LogP contribution is 2.30. The van der Waals surface area contributed by atoms with Gasteiger partial charge in [-0.3, -0.25) is 0 Å². The Morgan fingerprint density at radius 3 is 2.38 bits per heavy atom. The predicted molar refractivity (Wildman–Crippen MR) is 69.6 cm³/mol. The average Bonchev–Trinajstić information content (AvgIpc) is 2.74. The molecule has 1 unspecified atom stereocenters. The first-order valence-electron chi connectivity index (χ1n) is 6.17. The van der Waals surface area contributed by atoms with Crippen LogP contribution in [0.2, 0.25) is 0 Å². The normalized spacial score (nSPS) is 13.7. The van der Waals surface area contributed by atoms with Crippen molar-refractivity contribution in [2.24, 2.45) is 11.7 Å². The van der Waals surface area contributed by atoms with Crippen LogP contribution in [0, 0.1) is 5.92 Å². The van der Waals surface area contributed by atoms with Crippen molar-refractivity contribution in [1.82, 2.24) is 9.59 Å². The molecule has 0 fully saturated rings. The zero-order valence-electron chi connectivity index (χ0n) is 10.7. The molecule has 0 aliphatic rings. The molecule has 1 rings (SSSR count). The van der Waals surface area contributed by atoms with Crippen molar-refractivity contribution in [3.05, 3.63) is 10.6 Å². The molecule has 2 N–H and O–H groups in total. The molecule has 92 valence electrons. The fraction of sp³-hybridized carbons (Fsp3) is 0.833. The van der Waals surface area contributed by atoms with Crippen LogP contribution in [0.15, 0.2) is 0 Å². The standard InChI is InChI=1S/C12H23N3S/c1-5-9(6-2)7-10(13)12-11(8(3)4)14-15-16-12/h8-10H,5-7,13H2,1-4H3. The van der Waals surface area contributed by atoms with Gasteiger partial charge in [0.05, 0.1) is 10.6 Å². The summed E-state index contributed by atoms with van der Waals surface area (Å²) in [6, 6.07) is 0.113. The molecule has 0 aliphatic heterocycles. The second-order valence-electron chi connectivity index (χ2n) is 4.70. The van der Waals surface area contributed by atoms with Crippen molar-refractivity contribution in [2.75, 3.05) is 0 Å². The van der Waals surface area contributed by atoms with Crippen LogP contribution in [-0.2, 0) is 0 Å². The first-order chi connectivity index (χ1) is 7.60. The lowest BCUT2D eigenvalue weighted by Crippen LogP contribution is -2.15. The van der Waals surface area contributed by atoms with Gasteiger partial charge < -0.3 is 5.73 Å². The molecule has 1 heterocycles. The molecule has 0 spiro atoms. The lowest BCUT2D eigenvalue weighted by Gasteiger charge is -2.18. The molecule has 0 aromatic carbocycles. The second kappa shape index (κ2) is 6.30. The molecule has 1 aromatic heterocycles. The van der Waals surface area contributed by atoms with Gasteiger partial charge in [-0.1, -0.05) is 45.0 Å². The van der Waals surface area contributed by atoms with E-state index in [2.05, 4.69) is 37.3 Å². The molecule has 4 heteroatoms. The minimum absolute atomic E-state index is 0.113. The number of nitrogens with two attached hydrogens (primary N) is 1. The van der Waals surface area contributed by atoms with Crippen molar-refractivity contribution in [2.45, 2.75) is 58.9 Å². The summed E-state index contributed by atoms with van der Waals surface area (Å²) in [6.45, 7) is 8.75. The van der Waals surface area contributed by atoms with Crippen LogP contribution in [0.5, 0.6) is 0 Å². The van der Waals surface area contributed by atoms with Crippen LogP contribution in [-0.4, -0.2) is 9.59 Å². The average molecular weight is 241 g/mol. The quantitative estimate of drug-likeness (QED) is 0.829. The van der Waals surface area contributed by atoms with Gasteiger partial charge in [-0.2, -0.15) is 0 Å². The highest BCUT2D eigenvalue weighted by atomic mass is 32.1. The molecule has 0 amide bonds. The SMILES string of the molecule is CCC(CC)CC(N)c1snnc1C(C)C. The van der Waals surface area contributed by atoms with E-state index >= 15 is 0 Å². The van der Waals surface area contributed by atoms with Crippen LogP contribution in [0.3, 0.4) is 0 Å². The Bertz CT molecular complexity index is 305. The smallest absolute Gasteiger partial charge is 0.0828 e. The van der Waals surface area contributed by atoms with E-state index in [4.69, 9.17) is 5.73 Å². The summed E-state index contributed by atoms with van der Waals surface area (Å²) < 4.78 is 4.04. The van der Waals surface area contributed by atoms with Gasteiger partial charge in [-0.15, -0.1) is 5.10 Å². The fourth-order valence-electron chi connectivity index (χ4n) is 1.95. The maximum atomic E-state index is 6.26. The number of hydrogen-bond donors (Lipinski definition) is 1. The van der Waals surface area contributed by atoms with E-state index in [1.54, 1.807) is 0 Å². The topological polar surface area (TPSA) is 51.8 Å². The number of aromatic nitrogens is 2. The molecule has 0 radical (unpaired) electrons. The summed E-state index contributed by atoms with van der Waals surface area (Å²) in [5.74, 6) is 1.14. The molecular formula is C12H23N3S. The fourth-order valence-corrected chi connectivity index (χ4v) is 2.77. The Morgan fingerprint density at radius 1 is 1.25 bits per heavy atom. The molecule has 1 aromatic rings. The van der Waals surface area contributed by atoms with E-state index in [1.165, 1.54) is 29.3 Å². The van der Waals surface area contributed by atoms with Crippen LogP contribution in [0.4, 0.5) is 0 Å². The Hall–Kier alpha value is -0.480. The third-order valence-corrected chi connectivity index (χ3v) is 4.04. The van der Waals surface area contributed by atoms with Crippen LogP contribution >= 0.6 is 11.5 Å². The van der Waals surface area contributed by atoms with Gasteiger partial charge >= 0.3 is 0 Å². The number of hydrogen-bond acceptors (Lipinski definition) is 4. The summed E-state index contributed by atoms with van der Waals surface area (Å²) in [5.41, 5.74) is 7.35. The Labute approximate surface area is 103 Å². The van der Waals surface area contributed by atoms with Gasteiger partial charge in [0.25, 0.3) is 0 Å². The van der Waals surface area contributed by atoms with Crippen molar-refractivity contribution in [1.29, 1.82) is 0 Å². The maximum Gasteiger partial charge on any atom is 0.0828 e. The first-order valence-corrected chi connectivity index (χ1v) is 6.95. The number of rotatable bonds is 6. The van der Waals surface area contributed by atoms with Crippen LogP contribution in [0.1, 0.15) is 69.5 Å². The van der Waals surface area contributed by atoms with E-state index < -0.39 is 0 Å². The maximum absolute atomic E-state index is 6.26. The van der Waals surface area contributed by atoms with Crippen molar-refractivity contribution >= 4 is 11.5 Å². The minimum Gasteiger partial charge on any atom is -0.323 e. The van der Waals surface area contributed by atoms with Gasteiger partial charge in [0.15, 0.2) is 0 Å². The Balaban J connectivity index is 2.72. The van der Waals surface area contributed by atoms with E-state index in [1.807, 2.05) is 0 Å². The van der Waals surface area contributed by atoms with Gasteiger partial charge in [-0.25, -0.2) is 0 Å². The zero-order valence-corrected chi connectivity index (χ0v) is 11.5. The van der Waals surface area contributed by atoms with E-state index in [-0.39, 0.29) is 6.04 Å². The van der Waals surface area contributed by atoms with E-state index in [0.29, 0.717) is 5.92 Å². The molecule has 1 atom stereocenters. The zero-order chi connectivity index (χ0) is 12.1. The third-order valence-electron chi connectivity index (χ3n) is 3.17. The molecule has 0 aliphatic carbocycles. The monoisotopic (exact) mass is 241 g/mol. The van der Waals surface area contributed by atoms with Gasteiger partial charge in [0.1, 0.15) is 0 Å². The van der Waals surface area contributed by atoms with Crippen LogP contribution in [0.25, 0.3) is 0 Å². The van der Waals surface area contributed by atoms with Crippen molar-refractivity contribution < 1.29 is 0 Å². The highest BCUT2D eigenvalue weighted by Gasteiger charge is 2.20. The number of nitrogens with zero attached hydrogens (tertiary/aromatic N) is 2. The molecular weight excluding hydrogens is 218 g/mol. The summed E-state index contributed by atoms with van der Waals surface area (Å²) in [6.07, 6.45) is 3.46. The first kappa shape index (κ1) is 13.6. The summed E-state index contributed by atoms with van der Waals surface area (Å²) in [7, 11) is 0. The van der Waals surface area contributed by atoms with Crippen LogP contribution < -0.4 is 5.73 Å². The second-order valence-corrected chi connectivity index (χ2v) is 5.49. The Morgan fingerprint density at radius 2 is 1.88 bits per heavy atom. The molecule has 16 heavy (non-hydrogen) atoms. The lowest BCUT2D eigenvalue weighted by atomic mass is 9.93. The minimum atomic E-state index is 0.113. The van der Waals surface area contributed by atoms with Gasteiger partial charge in [0.2, 0.25) is 0 Å². The van der Waals surface area contributed by atoms with E-state index in [0.717, 1.165) is 18.0 Å². The van der Waals surface area contributed by atoms with Gasteiger partial charge in [-0.05, 0) is 29.8 Å². The van der Waals surface area contributed by atoms with Crippen molar-refractivity contribution in [3.8, 4) is 0 Å². The summed E-state index contributed by atoms with van der Waals surface area (Å²) in [5, 5.41) is 4.18. The summed E-state index contributed by atoms with van der Waals surface area (Å²) >= 11 is 1.46.